The molecule has 0 N–H and O–H groups in total. The van der Waals surface area contributed by atoms with Crippen molar-refractivity contribution in [2.24, 2.45) is 0 Å². The zero-order chi connectivity index (χ0) is 24.1. The maximum Gasteiger partial charge on any atom is 0.257 e. The zero-order valence-corrected chi connectivity index (χ0v) is 20.7. The van der Waals surface area contributed by atoms with E-state index >= 15 is 0 Å². The van der Waals surface area contributed by atoms with Crippen molar-refractivity contribution >= 4 is 17.5 Å². The zero-order valence-electron chi connectivity index (χ0n) is 19.9. The molecule has 2 heterocycles. The Morgan fingerprint density at radius 1 is 1.06 bits per heavy atom. The van der Waals surface area contributed by atoms with Gasteiger partial charge in [0, 0.05) is 37.7 Å². The summed E-state index contributed by atoms with van der Waals surface area (Å²) in [6, 6.07) is 17.6. The van der Waals surface area contributed by atoms with E-state index in [9.17, 15) is 4.79 Å². The SMILES string of the molecule is COc1cccc(COC(CN2CCN(C(=O)c3cc(C)oc3C)CC2)c2ccc(Cl)cc2)c1. The van der Waals surface area contributed by atoms with Gasteiger partial charge in [0.1, 0.15) is 17.3 Å². The average molecular weight is 483 g/mol. The number of carbonyl (C=O) groups excluding carboxylic acids is 1. The fraction of sp³-hybridized carbons (Fsp3) is 0.370. The Labute approximate surface area is 206 Å². The average Bonchev–Trinajstić information content (AvgIpc) is 3.20. The highest BCUT2D eigenvalue weighted by Crippen LogP contribution is 2.25. The second kappa shape index (κ2) is 11.1. The predicted molar refractivity (Wildman–Crippen MR) is 133 cm³/mol. The lowest BCUT2D eigenvalue weighted by atomic mass is 10.1. The van der Waals surface area contributed by atoms with E-state index in [-0.39, 0.29) is 12.0 Å². The number of methoxy groups -OCH3 is 1. The predicted octanol–water partition coefficient (Wildman–Crippen LogP) is 5.27. The number of carbonyl (C=O) groups is 1. The van der Waals surface area contributed by atoms with Crippen molar-refractivity contribution < 1.29 is 18.7 Å². The Morgan fingerprint density at radius 3 is 2.44 bits per heavy atom. The molecule has 6 nitrogen and oxygen atoms in total. The molecular weight excluding hydrogens is 452 g/mol. The van der Waals surface area contributed by atoms with Gasteiger partial charge in [-0.3, -0.25) is 9.69 Å². The van der Waals surface area contributed by atoms with Crippen LogP contribution in [0.5, 0.6) is 5.75 Å². The highest BCUT2D eigenvalue weighted by molar-refractivity contribution is 6.30. The maximum atomic E-state index is 12.9. The van der Waals surface area contributed by atoms with Gasteiger partial charge in [-0.1, -0.05) is 35.9 Å². The number of aryl methyl sites for hydroxylation is 2. The number of halogens is 1. The fourth-order valence-corrected chi connectivity index (χ4v) is 4.40. The number of nitrogens with zero attached hydrogens (tertiary/aromatic N) is 2. The molecule has 1 amide bonds. The molecule has 0 aliphatic carbocycles. The van der Waals surface area contributed by atoms with Gasteiger partial charge in [0.2, 0.25) is 0 Å². The van der Waals surface area contributed by atoms with Crippen molar-refractivity contribution in [2.45, 2.75) is 26.6 Å². The van der Waals surface area contributed by atoms with Gasteiger partial charge in [0.15, 0.2) is 0 Å². The molecule has 0 radical (unpaired) electrons. The van der Waals surface area contributed by atoms with E-state index in [0.717, 1.165) is 42.3 Å². The van der Waals surface area contributed by atoms with Gasteiger partial charge in [0.05, 0.1) is 25.4 Å². The molecule has 1 aliphatic rings. The second-order valence-corrected chi connectivity index (χ2v) is 9.06. The van der Waals surface area contributed by atoms with Crippen LogP contribution in [0.2, 0.25) is 5.02 Å². The highest BCUT2D eigenvalue weighted by Gasteiger charge is 2.26. The Hall–Kier alpha value is -2.80. The lowest BCUT2D eigenvalue weighted by Gasteiger charge is -2.36. The minimum atomic E-state index is -0.121. The van der Waals surface area contributed by atoms with E-state index in [1.54, 1.807) is 7.11 Å². The van der Waals surface area contributed by atoms with Gasteiger partial charge in [-0.25, -0.2) is 0 Å². The molecule has 4 rings (SSSR count). The van der Waals surface area contributed by atoms with E-state index in [0.29, 0.717) is 36.0 Å². The summed E-state index contributed by atoms with van der Waals surface area (Å²) in [5.74, 6) is 2.29. The summed E-state index contributed by atoms with van der Waals surface area (Å²) >= 11 is 6.11. The van der Waals surface area contributed by atoms with Gasteiger partial charge < -0.3 is 18.8 Å². The fourth-order valence-electron chi connectivity index (χ4n) is 4.27. The van der Waals surface area contributed by atoms with E-state index in [2.05, 4.69) is 4.90 Å². The van der Waals surface area contributed by atoms with Crippen LogP contribution in [0.25, 0.3) is 0 Å². The third-order valence-corrected chi connectivity index (χ3v) is 6.43. The second-order valence-electron chi connectivity index (χ2n) is 8.62. The van der Waals surface area contributed by atoms with Crippen LogP contribution in [-0.2, 0) is 11.3 Å². The molecule has 1 aromatic heterocycles. The van der Waals surface area contributed by atoms with Crippen LogP contribution in [0, 0.1) is 13.8 Å². The Morgan fingerprint density at radius 2 is 1.79 bits per heavy atom. The maximum absolute atomic E-state index is 12.9. The molecule has 34 heavy (non-hydrogen) atoms. The van der Waals surface area contributed by atoms with Crippen molar-refractivity contribution in [1.82, 2.24) is 9.80 Å². The topological polar surface area (TPSA) is 55.2 Å². The molecule has 1 unspecified atom stereocenters. The Kier molecular flexibility index (Phi) is 7.93. The van der Waals surface area contributed by atoms with Crippen LogP contribution in [0.4, 0.5) is 0 Å². The standard InChI is InChI=1S/C27H31ClN2O4/c1-19-15-25(20(2)34-19)27(31)30-13-11-29(12-14-30)17-26(22-7-9-23(28)10-8-22)33-18-21-5-4-6-24(16-21)32-3/h4-10,15-16,26H,11-14,17-18H2,1-3H3. The van der Waals surface area contributed by atoms with Crippen LogP contribution in [-0.4, -0.2) is 55.5 Å². The molecule has 7 heteroatoms. The van der Waals surface area contributed by atoms with Crippen molar-refractivity contribution in [1.29, 1.82) is 0 Å². The molecular formula is C27H31ClN2O4. The molecule has 1 atom stereocenters. The van der Waals surface area contributed by atoms with Crippen LogP contribution in [0.1, 0.15) is 39.1 Å². The van der Waals surface area contributed by atoms with Gasteiger partial charge >= 0.3 is 0 Å². The van der Waals surface area contributed by atoms with Crippen LogP contribution in [0.3, 0.4) is 0 Å². The monoisotopic (exact) mass is 482 g/mol. The number of rotatable bonds is 8. The lowest BCUT2D eigenvalue weighted by molar-refractivity contribution is 0.00336. The summed E-state index contributed by atoms with van der Waals surface area (Å²) in [7, 11) is 1.66. The number of ether oxygens (including phenoxy) is 2. The normalized spacial score (nSPS) is 15.4. The van der Waals surface area contributed by atoms with Crippen LogP contribution < -0.4 is 4.74 Å². The van der Waals surface area contributed by atoms with Gasteiger partial charge in [-0.05, 0) is 55.3 Å². The number of furan rings is 1. The number of benzene rings is 2. The molecule has 0 saturated carbocycles. The van der Waals surface area contributed by atoms with E-state index < -0.39 is 0 Å². The van der Waals surface area contributed by atoms with Crippen molar-refractivity contribution in [3.05, 3.63) is 87.8 Å². The van der Waals surface area contributed by atoms with E-state index in [1.165, 1.54) is 0 Å². The largest absolute Gasteiger partial charge is 0.497 e. The number of amides is 1. The first-order valence-corrected chi connectivity index (χ1v) is 11.9. The van der Waals surface area contributed by atoms with Gasteiger partial charge in [0.25, 0.3) is 5.91 Å². The minimum Gasteiger partial charge on any atom is -0.497 e. The van der Waals surface area contributed by atoms with Crippen LogP contribution >= 0.6 is 11.6 Å². The number of hydrogen-bond acceptors (Lipinski definition) is 5. The van der Waals surface area contributed by atoms with Crippen molar-refractivity contribution in [3.63, 3.8) is 0 Å². The molecule has 2 aromatic carbocycles. The Balaban J connectivity index is 1.39. The summed E-state index contributed by atoms with van der Waals surface area (Å²) in [4.78, 5) is 17.2. The quantitative estimate of drug-likeness (QED) is 0.437. The van der Waals surface area contributed by atoms with E-state index in [1.807, 2.05) is 73.3 Å². The molecule has 180 valence electrons. The van der Waals surface area contributed by atoms with E-state index in [4.69, 9.17) is 25.5 Å². The summed E-state index contributed by atoms with van der Waals surface area (Å²) < 4.78 is 17.3. The molecule has 1 aliphatic heterocycles. The highest BCUT2D eigenvalue weighted by atomic mass is 35.5. The number of piperazine rings is 1. The molecule has 1 saturated heterocycles. The molecule has 0 spiro atoms. The minimum absolute atomic E-state index is 0.0394. The van der Waals surface area contributed by atoms with Gasteiger partial charge in [-0.2, -0.15) is 0 Å². The summed E-state index contributed by atoms with van der Waals surface area (Å²) in [5, 5.41) is 0.701. The summed E-state index contributed by atoms with van der Waals surface area (Å²) in [6.07, 6.45) is -0.121. The lowest BCUT2D eigenvalue weighted by Crippen LogP contribution is -2.49. The first-order valence-electron chi connectivity index (χ1n) is 11.5. The summed E-state index contributed by atoms with van der Waals surface area (Å²) in [5.41, 5.74) is 2.79. The third-order valence-electron chi connectivity index (χ3n) is 6.18. The van der Waals surface area contributed by atoms with Crippen molar-refractivity contribution in [3.8, 4) is 5.75 Å². The number of hydrogen-bond donors (Lipinski definition) is 0. The van der Waals surface area contributed by atoms with Crippen molar-refractivity contribution in [2.75, 3.05) is 39.8 Å². The smallest absolute Gasteiger partial charge is 0.257 e. The first-order chi connectivity index (χ1) is 16.4. The van der Waals surface area contributed by atoms with Gasteiger partial charge in [-0.15, -0.1) is 0 Å². The molecule has 3 aromatic rings. The summed E-state index contributed by atoms with van der Waals surface area (Å²) in [6.45, 7) is 7.83. The Bertz CT molecular complexity index is 1100. The molecule has 1 fully saturated rings. The van der Waals surface area contributed by atoms with Crippen LogP contribution in [0.15, 0.2) is 59.0 Å². The third kappa shape index (κ3) is 6.00. The first kappa shape index (κ1) is 24.3. The molecule has 0 bridgehead atoms.